The van der Waals surface area contributed by atoms with Gasteiger partial charge >= 0.3 is 0 Å². The number of amides is 1. The van der Waals surface area contributed by atoms with E-state index in [4.69, 9.17) is 0 Å². The number of rotatable bonds is 8. The molecule has 0 atom stereocenters. The van der Waals surface area contributed by atoms with Gasteiger partial charge in [-0.3, -0.25) is 9.59 Å². The maximum absolute atomic E-state index is 12.2. The Labute approximate surface area is 161 Å². The Morgan fingerprint density at radius 3 is 2.65 bits per heavy atom. The summed E-state index contributed by atoms with van der Waals surface area (Å²) >= 11 is 3.24. The van der Waals surface area contributed by atoms with Crippen molar-refractivity contribution in [2.75, 3.05) is 12.8 Å². The highest BCUT2D eigenvalue weighted by atomic mass is 32.2. The highest BCUT2D eigenvalue weighted by molar-refractivity contribution is 8.01. The second-order valence-electron chi connectivity index (χ2n) is 6.51. The van der Waals surface area contributed by atoms with Crippen LogP contribution in [0.5, 0.6) is 0 Å². The molecule has 0 saturated heterocycles. The molecule has 5 nitrogen and oxygen atoms in total. The zero-order valence-corrected chi connectivity index (χ0v) is 16.6. The number of hydrogen-bond donors (Lipinski definition) is 2. The summed E-state index contributed by atoms with van der Waals surface area (Å²) < 4.78 is 0.131. The van der Waals surface area contributed by atoms with Gasteiger partial charge in [0.1, 0.15) is 0 Å². The summed E-state index contributed by atoms with van der Waals surface area (Å²) in [6, 6.07) is 10.3. The van der Waals surface area contributed by atoms with Crippen molar-refractivity contribution in [1.82, 2.24) is 15.3 Å². The Morgan fingerprint density at radius 2 is 2.04 bits per heavy atom. The lowest BCUT2D eigenvalue weighted by atomic mass is 10.1. The lowest BCUT2D eigenvalue weighted by Crippen LogP contribution is -2.32. The van der Waals surface area contributed by atoms with Crippen molar-refractivity contribution < 1.29 is 4.79 Å². The van der Waals surface area contributed by atoms with Crippen LogP contribution in [0.25, 0.3) is 0 Å². The van der Waals surface area contributed by atoms with Crippen LogP contribution in [0.1, 0.15) is 30.5 Å². The van der Waals surface area contributed by atoms with E-state index in [1.165, 1.54) is 16.7 Å². The summed E-state index contributed by atoms with van der Waals surface area (Å²) in [5.41, 5.74) is 1.15. The monoisotopic (exact) mass is 389 g/mol. The van der Waals surface area contributed by atoms with Crippen LogP contribution in [0.3, 0.4) is 0 Å². The van der Waals surface area contributed by atoms with Gasteiger partial charge in [0, 0.05) is 33.9 Å². The lowest BCUT2D eigenvalue weighted by molar-refractivity contribution is -0.121. The predicted octanol–water partition coefficient (Wildman–Crippen LogP) is 3.17. The third kappa shape index (κ3) is 4.92. The zero-order chi connectivity index (χ0) is 18.6. The quantitative estimate of drug-likeness (QED) is 0.536. The number of hydrogen-bond acceptors (Lipinski definition) is 5. The Balaban J connectivity index is 1.50. The standard InChI is InChI=1S/C19H23N3O2S2/c1-13-15(17(24)22-18(21-13)25-2)8-9-16(23)20-12-19(10-11-19)26-14-6-4-3-5-7-14/h3-7H,8-12H2,1-2H3,(H,20,23)(H,21,22,24). The molecule has 1 aromatic heterocycles. The first kappa shape index (κ1) is 19.0. The van der Waals surface area contributed by atoms with Gasteiger partial charge in [0.05, 0.1) is 0 Å². The van der Waals surface area contributed by atoms with Crippen molar-refractivity contribution in [2.45, 2.75) is 47.4 Å². The number of thioether (sulfide) groups is 2. The van der Waals surface area contributed by atoms with Gasteiger partial charge in [-0.05, 0) is 44.6 Å². The first-order chi connectivity index (χ1) is 12.5. The molecule has 2 aromatic rings. The van der Waals surface area contributed by atoms with Gasteiger partial charge in [-0.1, -0.05) is 30.0 Å². The van der Waals surface area contributed by atoms with Crippen LogP contribution in [0.2, 0.25) is 0 Å². The van der Waals surface area contributed by atoms with Crippen LogP contribution < -0.4 is 10.9 Å². The molecule has 1 amide bonds. The summed E-state index contributed by atoms with van der Waals surface area (Å²) in [4.78, 5) is 32.7. The molecule has 0 unspecified atom stereocenters. The first-order valence-electron chi connectivity index (χ1n) is 8.66. The van der Waals surface area contributed by atoms with Gasteiger partial charge in [-0.15, -0.1) is 11.8 Å². The van der Waals surface area contributed by atoms with Gasteiger partial charge in [-0.2, -0.15) is 0 Å². The highest BCUT2D eigenvalue weighted by Gasteiger charge is 2.43. The van der Waals surface area contributed by atoms with Crippen LogP contribution in [0.4, 0.5) is 0 Å². The molecule has 3 rings (SSSR count). The summed E-state index contributed by atoms with van der Waals surface area (Å²) in [5, 5.41) is 3.65. The van der Waals surface area contributed by atoms with Gasteiger partial charge in [0.15, 0.2) is 5.16 Å². The molecule has 0 radical (unpaired) electrons. The minimum atomic E-state index is -0.145. The summed E-state index contributed by atoms with van der Waals surface area (Å²) in [6.45, 7) is 2.49. The SMILES string of the molecule is CSc1nc(C)c(CCC(=O)NCC2(Sc3ccccc3)CC2)c(=O)[nH]1. The van der Waals surface area contributed by atoms with Crippen molar-refractivity contribution >= 4 is 29.4 Å². The molecule has 0 bridgehead atoms. The third-order valence-electron chi connectivity index (χ3n) is 4.49. The molecular formula is C19H23N3O2S2. The lowest BCUT2D eigenvalue weighted by Gasteiger charge is -2.16. The van der Waals surface area contributed by atoms with Crippen molar-refractivity contribution in [3.63, 3.8) is 0 Å². The number of aryl methyl sites for hydroxylation is 1. The maximum atomic E-state index is 12.2. The minimum Gasteiger partial charge on any atom is -0.355 e. The van der Waals surface area contributed by atoms with Crippen LogP contribution in [0.15, 0.2) is 45.2 Å². The molecule has 2 N–H and O–H groups in total. The van der Waals surface area contributed by atoms with E-state index < -0.39 is 0 Å². The normalized spacial score (nSPS) is 14.8. The molecule has 26 heavy (non-hydrogen) atoms. The Kier molecular flexibility index (Phi) is 6.09. The van der Waals surface area contributed by atoms with Gasteiger partial charge in [-0.25, -0.2) is 4.98 Å². The minimum absolute atomic E-state index is 0.0160. The smallest absolute Gasteiger partial charge is 0.254 e. The van der Waals surface area contributed by atoms with E-state index in [0.717, 1.165) is 12.8 Å². The highest BCUT2D eigenvalue weighted by Crippen LogP contribution is 2.51. The molecule has 1 fully saturated rings. The fourth-order valence-corrected chi connectivity index (χ4v) is 4.42. The Morgan fingerprint density at radius 1 is 1.31 bits per heavy atom. The molecule has 7 heteroatoms. The number of nitrogens with zero attached hydrogens (tertiary/aromatic N) is 1. The second kappa shape index (κ2) is 8.31. The molecule has 1 saturated carbocycles. The molecule has 138 valence electrons. The Bertz CT molecular complexity index is 832. The van der Waals surface area contributed by atoms with E-state index in [1.807, 2.05) is 43.1 Å². The van der Waals surface area contributed by atoms with E-state index >= 15 is 0 Å². The summed E-state index contributed by atoms with van der Waals surface area (Å²) in [7, 11) is 0. The number of carbonyl (C=O) groups is 1. The average Bonchev–Trinajstić information content (AvgIpc) is 3.39. The third-order valence-corrected chi connectivity index (χ3v) is 6.56. The fraction of sp³-hybridized carbons (Fsp3) is 0.421. The molecule has 1 aliphatic rings. The average molecular weight is 390 g/mol. The number of H-pyrrole nitrogens is 1. The fourth-order valence-electron chi connectivity index (χ4n) is 2.76. The van der Waals surface area contributed by atoms with Crippen molar-refractivity contribution in [2.24, 2.45) is 0 Å². The predicted molar refractivity (Wildman–Crippen MR) is 107 cm³/mol. The van der Waals surface area contributed by atoms with E-state index in [-0.39, 0.29) is 16.2 Å². The zero-order valence-electron chi connectivity index (χ0n) is 15.0. The van der Waals surface area contributed by atoms with Crippen LogP contribution in [-0.2, 0) is 11.2 Å². The number of nitrogens with one attached hydrogen (secondary N) is 2. The van der Waals surface area contributed by atoms with Gasteiger partial charge in [0.2, 0.25) is 5.91 Å². The van der Waals surface area contributed by atoms with E-state index in [0.29, 0.717) is 35.8 Å². The van der Waals surface area contributed by atoms with E-state index in [2.05, 4.69) is 27.4 Å². The molecule has 0 spiro atoms. The number of aromatic amines is 1. The molecular weight excluding hydrogens is 366 g/mol. The van der Waals surface area contributed by atoms with Gasteiger partial charge in [0.25, 0.3) is 5.56 Å². The molecule has 1 aromatic carbocycles. The Hall–Kier alpha value is -1.73. The van der Waals surface area contributed by atoms with Crippen LogP contribution >= 0.6 is 23.5 Å². The van der Waals surface area contributed by atoms with Crippen molar-refractivity contribution in [3.8, 4) is 0 Å². The topological polar surface area (TPSA) is 74.8 Å². The maximum Gasteiger partial charge on any atom is 0.254 e. The van der Waals surface area contributed by atoms with Crippen molar-refractivity contribution in [3.05, 3.63) is 51.9 Å². The summed E-state index contributed by atoms with van der Waals surface area (Å²) in [6.07, 6.45) is 4.81. The molecule has 1 heterocycles. The second-order valence-corrected chi connectivity index (χ2v) is 8.85. The van der Waals surface area contributed by atoms with E-state index in [9.17, 15) is 9.59 Å². The van der Waals surface area contributed by atoms with Gasteiger partial charge < -0.3 is 10.3 Å². The van der Waals surface area contributed by atoms with Crippen LogP contribution in [-0.4, -0.2) is 33.4 Å². The molecule has 0 aliphatic heterocycles. The molecule has 1 aliphatic carbocycles. The van der Waals surface area contributed by atoms with Crippen LogP contribution in [0, 0.1) is 6.92 Å². The number of carbonyl (C=O) groups excluding carboxylic acids is 1. The number of aromatic nitrogens is 2. The first-order valence-corrected chi connectivity index (χ1v) is 10.7. The number of benzene rings is 1. The largest absolute Gasteiger partial charge is 0.355 e. The van der Waals surface area contributed by atoms with E-state index in [1.54, 1.807) is 0 Å². The van der Waals surface area contributed by atoms with Crippen molar-refractivity contribution in [1.29, 1.82) is 0 Å². The summed E-state index contributed by atoms with van der Waals surface area (Å²) in [5.74, 6) is -0.0160.